The summed E-state index contributed by atoms with van der Waals surface area (Å²) in [4.78, 5) is 27.1. The Morgan fingerprint density at radius 3 is 2.80 bits per heavy atom. The van der Waals surface area contributed by atoms with Crippen LogP contribution in [0.5, 0.6) is 0 Å². The molecule has 0 aromatic heterocycles. The lowest BCUT2D eigenvalue weighted by Gasteiger charge is -1.96. The van der Waals surface area contributed by atoms with Crippen LogP contribution in [0.3, 0.4) is 0 Å². The van der Waals surface area contributed by atoms with Crippen LogP contribution in [-0.2, 0) is 9.59 Å². The standard InChI is InChI=1S/C5H4N2O3/c8-3-1-2-6-4(7-3)5(9)10/h2H,1H2,(H,9,10). The van der Waals surface area contributed by atoms with Crippen molar-refractivity contribution in [2.24, 2.45) is 9.98 Å². The Hall–Kier alpha value is -1.52. The topological polar surface area (TPSA) is 79.1 Å². The quantitative estimate of drug-likeness (QED) is 0.531. The van der Waals surface area contributed by atoms with Gasteiger partial charge in [0.2, 0.25) is 5.84 Å². The number of carbonyl (C=O) groups is 2. The van der Waals surface area contributed by atoms with Crippen molar-refractivity contribution in [2.45, 2.75) is 6.42 Å². The molecule has 1 aliphatic rings. The van der Waals surface area contributed by atoms with Crippen LogP contribution in [0.25, 0.3) is 0 Å². The second-order valence-electron chi connectivity index (χ2n) is 1.65. The van der Waals surface area contributed by atoms with Gasteiger partial charge in [-0.25, -0.2) is 9.79 Å². The molecule has 0 atom stereocenters. The fraction of sp³-hybridized carbons (Fsp3) is 0.200. The first-order valence-electron chi connectivity index (χ1n) is 2.57. The minimum Gasteiger partial charge on any atom is -0.475 e. The van der Waals surface area contributed by atoms with E-state index in [0.29, 0.717) is 0 Å². The zero-order chi connectivity index (χ0) is 7.56. The Morgan fingerprint density at radius 1 is 1.70 bits per heavy atom. The fourth-order valence-electron chi connectivity index (χ4n) is 0.506. The number of amidine groups is 1. The molecule has 1 aliphatic heterocycles. The SMILES string of the molecule is O=C1CC=NC(C(=O)O)=N1. The molecule has 5 heteroatoms. The van der Waals surface area contributed by atoms with E-state index < -0.39 is 17.7 Å². The van der Waals surface area contributed by atoms with E-state index in [-0.39, 0.29) is 6.42 Å². The van der Waals surface area contributed by atoms with E-state index in [0.717, 1.165) is 0 Å². The van der Waals surface area contributed by atoms with Crippen LogP contribution in [0.1, 0.15) is 6.42 Å². The van der Waals surface area contributed by atoms with Crippen LogP contribution in [0.15, 0.2) is 9.98 Å². The predicted octanol–water partition coefficient (Wildman–Crippen LogP) is -0.529. The number of nitrogens with zero attached hydrogens (tertiary/aromatic N) is 2. The van der Waals surface area contributed by atoms with Crippen molar-refractivity contribution in [2.75, 3.05) is 0 Å². The van der Waals surface area contributed by atoms with Gasteiger partial charge in [0.25, 0.3) is 5.91 Å². The normalized spacial score (nSPS) is 16.8. The largest absolute Gasteiger partial charge is 0.475 e. The smallest absolute Gasteiger partial charge is 0.374 e. The zero-order valence-electron chi connectivity index (χ0n) is 4.94. The Bertz CT molecular complexity index is 239. The van der Waals surface area contributed by atoms with Gasteiger partial charge in [0.15, 0.2) is 0 Å². The summed E-state index contributed by atoms with van der Waals surface area (Å²) in [6.45, 7) is 0. The third-order valence-electron chi connectivity index (χ3n) is 0.901. The van der Waals surface area contributed by atoms with Gasteiger partial charge >= 0.3 is 5.97 Å². The molecule has 0 fully saturated rings. The molecule has 1 N–H and O–H groups in total. The highest BCUT2D eigenvalue weighted by Gasteiger charge is 2.12. The van der Waals surface area contributed by atoms with Crippen LogP contribution < -0.4 is 0 Å². The van der Waals surface area contributed by atoms with E-state index in [1.807, 2.05) is 0 Å². The van der Waals surface area contributed by atoms with Crippen molar-refractivity contribution in [3.63, 3.8) is 0 Å². The van der Waals surface area contributed by atoms with Gasteiger partial charge in [0.05, 0.1) is 6.42 Å². The van der Waals surface area contributed by atoms with E-state index >= 15 is 0 Å². The lowest BCUT2D eigenvalue weighted by Crippen LogP contribution is -2.16. The minimum absolute atomic E-state index is 0.0940. The first-order valence-corrected chi connectivity index (χ1v) is 2.57. The zero-order valence-corrected chi connectivity index (χ0v) is 4.94. The van der Waals surface area contributed by atoms with Crippen LogP contribution >= 0.6 is 0 Å². The molecule has 1 rings (SSSR count). The minimum atomic E-state index is -1.27. The van der Waals surface area contributed by atoms with E-state index in [2.05, 4.69) is 9.98 Å². The molecular weight excluding hydrogens is 136 g/mol. The first-order chi connectivity index (χ1) is 4.70. The molecule has 5 nitrogen and oxygen atoms in total. The number of aliphatic carboxylic acids is 1. The number of rotatable bonds is 1. The van der Waals surface area contributed by atoms with Crippen molar-refractivity contribution in [3.8, 4) is 0 Å². The molecule has 52 valence electrons. The summed E-state index contributed by atoms with van der Waals surface area (Å²) < 4.78 is 0. The van der Waals surface area contributed by atoms with E-state index in [9.17, 15) is 9.59 Å². The van der Waals surface area contributed by atoms with E-state index in [1.54, 1.807) is 0 Å². The highest BCUT2D eigenvalue weighted by Crippen LogP contribution is 1.93. The summed E-state index contributed by atoms with van der Waals surface area (Å²) in [5, 5.41) is 8.26. The first kappa shape index (κ1) is 6.60. The van der Waals surface area contributed by atoms with Crippen LogP contribution in [-0.4, -0.2) is 29.0 Å². The van der Waals surface area contributed by atoms with Gasteiger partial charge < -0.3 is 5.11 Å². The van der Waals surface area contributed by atoms with Crippen LogP contribution in [0.4, 0.5) is 0 Å². The number of hydrogen-bond acceptors (Lipinski definition) is 3. The van der Waals surface area contributed by atoms with Crippen molar-refractivity contribution in [1.29, 1.82) is 0 Å². The Labute approximate surface area is 56.1 Å². The van der Waals surface area contributed by atoms with E-state index in [1.165, 1.54) is 6.21 Å². The van der Waals surface area contributed by atoms with Crippen molar-refractivity contribution in [1.82, 2.24) is 0 Å². The summed E-state index contributed by atoms with van der Waals surface area (Å²) >= 11 is 0. The van der Waals surface area contributed by atoms with Gasteiger partial charge in [-0.2, -0.15) is 4.99 Å². The Balaban J connectivity index is 2.86. The molecule has 0 aliphatic carbocycles. The molecule has 10 heavy (non-hydrogen) atoms. The summed E-state index contributed by atoms with van der Waals surface area (Å²) in [5.74, 6) is -2.17. The van der Waals surface area contributed by atoms with Crippen LogP contribution in [0, 0.1) is 0 Å². The van der Waals surface area contributed by atoms with Crippen molar-refractivity contribution in [3.05, 3.63) is 0 Å². The van der Waals surface area contributed by atoms with Gasteiger partial charge in [-0.15, -0.1) is 0 Å². The van der Waals surface area contributed by atoms with Crippen LogP contribution in [0.2, 0.25) is 0 Å². The molecule has 1 heterocycles. The third-order valence-corrected chi connectivity index (χ3v) is 0.901. The van der Waals surface area contributed by atoms with Gasteiger partial charge in [0.1, 0.15) is 0 Å². The van der Waals surface area contributed by atoms with Gasteiger partial charge in [-0.05, 0) is 0 Å². The fourth-order valence-corrected chi connectivity index (χ4v) is 0.506. The molecule has 0 aromatic rings. The predicted molar refractivity (Wildman–Crippen MR) is 33.2 cm³/mol. The molecule has 0 spiro atoms. The lowest BCUT2D eigenvalue weighted by atomic mass is 10.4. The second-order valence-corrected chi connectivity index (χ2v) is 1.65. The van der Waals surface area contributed by atoms with Gasteiger partial charge in [-0.3, -0.25) is 4.79 Å². The Morgan fingerprint density at radius 2 is 2.40 bits per heavy atom. The Kier molecular flexibility index (Phi) is 1.57. The number of aliphatic imine (C=N–C) groups is 2. The molecule has 0 radical (unpaired) electrons. The third kappa shape index (κ3) is 1.25. The van der Waals surface area contributed by atoms with Gasteiger partial charge in [-0.1, -0.05) is 0 Å². The average molecular weight is 140 g/mol. The second kappa shape index (κ2) is 2.38. The summed E-state index contributed by atoms with van der Waals surface area (Å²) in [7, 11) is 0. The summed E-state index contributed by atoms with van der Waals surface area (Å²) in [6, 6.07) is 0. The maximum absolute atomic E-state index is 10.4. The maximum atomic E-state index is 10.4. The molecule has 1 amide bonds. The van der Waals surface area contributed by atoms with Crippen molar-refractivity contribution < 1.29 is 14.7 Å². The average Bonchev–Trinajstić information content (AvgIpc) is 1.88. The molecule has 0 saturated carbocycles. The number of carboxylic acids is 1. The molecule has 0 bridgehead atoms. The van der Waals surface area contributed by atoms with E-state index in [4.69, 9.17) is 5.11 Å². The van der Waals surface area contributed by atoms with Crippen molar-refractivity contribution >= 4 is 23.9 Å². The maximum Gasteiger partial charge on any atom is 0.374 e. The van der Waals surface area contributed by atoms with Gasteiger partial charge in [0, 0.05) is 6.21 Å². The highest BCUT2D eigenvalue weighted by molar-refractivity contribution is 6.39. The molecular formula is C5H4N2O3. The number of hydrogen-bond donors (Lipinski definition) is 1. The summed E-state index contributed by atoms with van der Waals surface area (Å²) in [6.07, 6.45) is 1.33. The lowest BCUT2D eigenvalue weighted by molar-refractivity contribution is -0.130. The molecule has 0 unspecified atom stereocenters. The number of carboxylic acid groups (broad SMARTS) is 1. The number of carbonyl (C=O) groups excluding carboxylic acids is 1. The number of amides is 1. The molecule has 0 aromatic carbocycles. The molecule has 0 saturated heterocycles. The highest BCUT2D eigenvalue weighted by atomic mass is 16.4. The monoisotopic (exact) mass is 140 g/mol. The summed E-state index contributed by atoms with van der Waals surface area (Å²) in [5.41, 5.74) is 0.